The van der Waals surface area contributed by atoms with Gasteiger partial charge in [0.2, 0.25) is 0 Å². The second-order valence-corrected chi connectivity index (χ2v) is 4.65. The Morgan fingerprint density at radius 3 is 2.40 bits per heavy atom. The van der Waals surface area contributed by atoms with Crippen LogP contribution in [-0.2, 0) is 6.42 Å². The summed E-state index contributed by atoms with van der Waals surface area (Å²) in [6, 6.07) is 9.99. The van der Waals surface area contributed by atoms with Gasteiger partial charge in [0.1, 0.15) is 0 Å². The van der Waals surface area contributed by atoms with Crippen molar-refractivity contribution in [1.82, 2.24) is 5.32 Å². The normalized spacial score (nSPS) is 24.9. The fourth-order valence-corrected chi connectivity index (χ4v) is 2.37. The Hall–Kier alpha value is -0.820. The van der Waals surface area contributed by atoms with E-state index in [0.717, 1.165) is 12.0 Å². The molecule has 1 aliphatic rings. The van der Waals surface area contributed by atoms with E-state index < -0.39 is 0 Å². The Morgan fingerprint density at radius 2 is 1.87 bits per heavy atom. The van der Waals surface area contributed by atoms with Crippen molar-refractivity contribution in [3.63, 3.8) is 0 Å². The minimum absolute atomic E-state index is 0.755. The van der Waals surface area contributed by atoms with Gasteiger partial charge >= 0.3 is 0 Å². The molecule has 1 aliphatic carbocycles. The zero-order valence-corrected chi connectivity index (χ0v) is 9.79. The minimum Gasteiger partial charge on any atom is -0.317 e. The molecule has 0 amide bonds. The summed E-state index contributed by atoms with van der Waals surface area (Å²) in [5.41, 5.74) is 3.01. The van der Waals surface area contributed by atoms with Crippen LogP contribution >= 0.6 is 0 Å². The molecule has 1 heteroatoms. The molecule has 0 aliphatic heterocycles. The summed E-state index contributed by atoms with van der Waals surface area (Å²) in [5, 5.41) is 3.33. The highest BCUT2D eigenvalue weighted by Gasteiger charge is 2.28. The van der Waals surface area contributed by atoms with Crippen molar-refractivity contribution in [3.05, 3.63) is 35.4 Å². The molecule has 0 bridgehead atoms. The van der Waals surface area contributed by atoms with Crippen LogP contribution in [0.25, 0.3) is 0 Å². The molecule has 0 atom stereocenters. The SMILES string of the molecule is CCCc1ccc(C2CC(NC)C2)cc1. The lowest BCUT2D eigenvalue weighted by Crippen LogP contribution is -2.37. The van der Waals surface area contributed by atoms with Gasteiger partial charge in [-0.15, -0.1) is 0 Å². The zero-order valence-electron chi connectivity index (χ0n) is 9.79. The van der Waals surface area contributed by atoms with E-state index in [2.05, 4.69) is 43.6 Å². The maximum Gasteiger partial charge on any atom is 0.00757 e. The molecule has 1 nitrogen and oxygen atoms in total. The first-order valence-corrected chi connectivity index (χ1v) is 6.09. The molecule has 1 aromatic carbocycles. The van der Waals surface area contributed by atoms with E-state index in [1.165, 1.54) is 36.8 Å². The molecule has 15 heavy (non-hydrogen) atoms. The summed E-state index contributed by atoms with van der Waals surface area (Å²) in [7, 11) is 2.06. The van der Waals surface area contributed by atoms with E-state index in [0.29, 0.717) is 0 Å². The van der Waals surface area contributed by atoms with E-state index in [1.807, 2.05) is 0 Å². The van der Waals surface area contributed by atoms with Gasteiger partial charge in [-0.25, -0.2) is 0 Å². The lowest BCUT2D eigenvalue weighted by atomic mass is 9.76. The topological polar surface area (TPSA) is 12.0 Å². The van der Waals surface area contributed by atoms with Crippen LogP contribution in [0.4, 0.5) is 0 Å². The first kappa shape index (κ1) is 10.7. The van der Waals surface area contributed by atoms with Gasteiger partial charge in [0, 0.05) is 6.04 Å². The van der Waals surface area contributed by atoms with E-state index in [9.17, 15) is 0 Å². The quantitative estimate of drug-likeness (QED) is 0.793. The maximum absolute atomic E-state index is 3.33. The van der Waals surface area contributed by atoms with Crippen LogP contribution < -0.4 is 5.32 Å². The Morgan fingerprint density at radius 1 is 1.20 bits per heavy atom. The number of nitrogens with one attached hydrogen (secondary N) is 1. The number of hydrogen-bond donors (Lipinski definition) is 1. The molecule has 0 heterocycles. The Kier molecular flexibility index (Phi) is 3.42. The van der Waals surface area contributed by atoms with E-state index >= 15 is 0 Å². The molecule has 0 spiro atoms. The van der Waals surface area contributed by atoms with Gasteiger partial charge in [0.05, 0.1) is 0 Å². The number of hydrogen-bond acceptors (Lipinski definition) is 1. The van der Waals surface area contributed by atoms with Crippen molar-refractivity contribution < 1.29 is 0 Å². The van der Waals surface area contributed by atoms with Crippen molar-refractivity contribution in [2.24, 2.45) is 0 Å². The summed E-state index contributed by atoms with van der Waals surface area (Å²) in [4.78, 5) is 0. The van der Waals surface area contributed by atoms with Crippen LogP contribution in [0.2, 0.25) is 0 Å². The van der Waals surface area contributed by atoms with Crippen molar-refractivity contribution in [2.45, 2.75) is 44.6 Å². The van der Waals surface area contributed by atoms with Gasteiger partial charge < -0.3 is 5.32 Å². The number of rotatable bonds is 4. The van der Waals surface area contributed by atoms with Gasteiger partial charge in [-0.05, 0) is 43.4 Å². The number of benzene rings is 1. The highest BCUT2D eigenvalue weighted by atomic mass is 14.9. The summed E-state index contributed by atoms with van der Waals surface area (Å²) in [6.07, 6.45) is 5.07. The lowest BCUT2D eigenvalue weighted by Gasteiger charge is -2.35. The predicted octanol–water partition coefficient (Wildman–Crippen LogP) is 3.10. The van der Waals surface area contributed by atoms with Crippen LogP contribution in [0.3, 0.4) is 0 Å². The number of aryl methyl sites for hydroxylation is 1. The largest absolute Gasteiger partial charge is 0.317 e. The minimum atomic E-state index is 0.755. The van der Waals surface area contributed by atoms with E-state index in [-0.39, 0.29) is 0 Å². The third-order valence-electron chi connectivity index (χ3n) is 3.54. The molecule has 0 radical (unpaired) electrons. The van der Waals surface area contributed by atoms with Gasteiger partial charge in [-0.1, -0.05) is 37.6 Å². The third-order valence-corrected chi connectivity index (χ3v) is 3.54. The van der Waals surface area contributed by atoms with Crippen molar-refractivity contribution in [1.29, 1.82) is 0 Å². The zero-order chi connectivity index (χ0) is 10.7. The lowest BCUT2D eigenvalue weighted by molar-refractivity contribution is 0.307. The first-order valence-electron chi connectivity index (χ1n) is 6.09. The summed E-state index contributed by atoms with van der Waals surface area (Å²) >= 11 is 0. The van der Waals surface area contributed by atoms with Crippen LogP contribution in [0.1, 0.15) is 43.2 Å². The summed E-state index contributed by atoms with van der Waals surface area (Å²) in [6.45, 7) is 2.23. The standard InChI is InChI=1S/C14H21N/c1-3-4-11-5-7-12(8-6-11)13-9-14(10-13)15-2/h5-8,13-15H,3-4,9-10H2,1-2H3. The van der Waals surface area contributed by atoms with E-state index in [4.69, 9.17) is 0 Å². The molecular formula is C14H21N. The van der Waals surface area contributed by atoms with Crippen LogP contribution in [-0.4, -0.2) is 13.1 Å². The second-order valence-electron chi connectivity index (χ2n) is 4.65. The highest BCUT2D eigenvalue weighted by Crippen LogP contribution is 2.36. The fourth-order valence-electron chi connectivity index (χ4n) is 2.37. The van der Waals surface area contributed by atoms with Crippen LogP contribution in [0.15, 0.2) is 24.3 Å². The van der Waals surface area contributed by atoms with Crippen LogP contribution in [0.5, 0.6) is 0 Å². The molecule has 0 unspecified atom stereocenters. The molecular weight excluding hydrogens is 182 g/mol. The molecule has 2 rings (SSSR count). The maximum atomic E-state index is 3.33. The van der Waals surface area contributed by atoms with Gasteiger partial charge in [-0.3, -0.25) is 0 Å². The van der Waals surface area contributed by atoms with Crippen molar-refractivity contribution >= 4 is 0 Å². The molecule has 1 aromatic rings. The summed E-state index contributed by atoms with van der Waals surface area (Å²) < 4.78 is 0. The molecule has 0 saturated heterocycles. The molecule has 82 valence electrons. The Balaban J connectivity index is 1.93. The van der Waals surface area contributed by atoms with Gasteiger partial charge in [-0.2, -0.15) is 0 Å². The highest BCUT2D eigenvalue weighted by molar-refractivity contribution is 5.27. The summed E-state index contributed by atoms with van der Waals surface area (Å²) in [5.74, 6) is 0.804. The van der Waals surface area contributed by atoms with Crippen molar-refractivity contribution in [3.8, 4) is 0 Å². The first-order chi connectivity index (χ1) is 7.33. The third kappa shape index (κ3) is 2.40. The molecule has 1 fully saturated rings. The smallest absolute Gasteiger partial charge is 0.00757 e. The monoisotopic (exact) mass is 203 g/mol. The predicted molar refractivity (Wildman–Crippen MR) is 65.3 cm³/mol. The average Bonchev–Trinajstić information content (AvgIpc) is 2.19. The molecule has 1 N–H and O–H groups in total. The van der Waals surface area contributed by atoms with Gasteiger partial charge in [0.15, 0.2) is 0 Å². The van der Waals surface area contributed by atoms with Crippen molar-refractivity contribution in [2.75, 3.05) is 7.05 Å². The second kappa shape index (κ2) is 4.80. The molecule has 0 aromatic heterocycles. The van der Waals surface area contributed by atoms with Crippen LogP contribution in [0, 0.1) is 0 Å². The van der Waals surface area contributed by atoms with Gasteiger partial charge in [0.25, 0.3) is 0 Å². The Bertz CT molecular complexity index is 296. The van der Waals surface area contributed by atoms with E-state index in [1.54, 1.807) is 0 Å². The fraction of sp³-hybridized carbons (Fsp3) is 0.571. The molecule has 1 saturated carbocycles. The average molecular weight is 203 g/mol. The Labute approximate surface area is 92.9 Å².